The summed E-state index contributed by atoms with van der Waals surface area (Å²) in [5, 5.41) is 9.50. The van der Waals surface area contributed by atoms with E-state index in [9.17, 15) is 5.11 Å². The lowest BCUT2D eigenvalue weighted by Crippen LogP contribution is -2.20. The minimum atomic E-state index is 0.362. The van der Waals surface area contributed by atoms with Gasteiger partial charge in [0.25, 0.3) is 0 Å². The molecule has 22 heavy (non-hydrogen) atoms. The topological polar surface area (TPSA) is 20.2 Å². The molecule has 122 valence electrons. The molecule has 0 bridgehead atoms. The Bertz CT molecular complexity index is 426. The van der Waals surface area contributed by atoms with E-state index in [4.69, 9.17) is 0 Å². The van der Waals surface area contributed by atoms with Crippen LogP contribution in [-0.2, 0) is 0 Å². The Hall–Kier alpha value is -1.24. The van der Waals surface area contributed by atoms with E-state index in [0.717, 1.165) is 18.3 Å². The molecule has 1 N–H and O–H groups in total. The molecule has 1 nitrogen and oxygen atoms in total. The molecule has 1 saturated carbocycles. The van der Waals surface area contributed by atoms with E-state index in [1.807, 2.05) is 12.1 Å². The van der Waals surface area contributed by atoms with Gasteiger partial charge in [-0.2, -0.15) is 0 Å². The third-order valence-corrected chi connectivity index (χ3v) is 5.42. The lowest BCUT2D eigenvalue weighted by molar-refractivity contribution is 0.230. The fraction of sp³-hybridized carbons (Fsp3) is 0.619. The molecule has 1 fully saturated rings. The predicted octanol–water partition coefficient (Wildman–Crippen LogP) is 6.44. The first-order valence-corrected chi connectivity index (χ1v) is 9.14. The number of aromatic hydroxyl groups is 1. The smallest absolute Gasteiger partial charge is 0.115 e. The van der Waals surface area contributed by atoms with Crippen LogP contribution in [0.3, 0.4) is 0 Å². The van der Waals surface area contributed by atoms with E-state index in [2.05, 4.69) is 31.7 Å². The zero-order valence-corrected chi connectivity index (χ0v) is 14.1. The maximum atomic E-state index is 9.50. The van der Waals surface area contributed by atoms with Crippen LogP contribution in [0.2, 0.25) is 0 Å². The molecule has 1 aliphatic rings. The number of phenolic OH excluding ortho intramolecular Hbond substituents is 1. The molecule has 0 heterocycles. The molecular weight excluding hydrogens is 268 g/mol. The van der Waals surface area contributed by atoms with Gasteiger partial charge in [-0.05, 0) is 54.7 Å². The van der Waals surface area contributed by atoms with E-state index in [0.29, 0.717) is 11.7 Å². The van der Waals surface area contributed by atoms with Gasteiger partial charge in [-0.25, -0.2) is 0 Å². The summed E-state index contributed by atoms with van der Waals surface area (Å²) in [6.07, 6.45) is 14.2. The van der Waals surface area contributed by atoms with Crippen molar-refractivity contribution < 1.29 is 5.11 Å². The monoisotopic (exact) mass is 300 g/mol. The highest BCUT2D eigenvalue weighted by molar-refractivity contribution is 5.29. The Kier molecular flexibility index (Phi) is 7.02. The van der Waals surface area contributed by atoms with Gasteiger partial charge in [0.15, 0.2) is 0 Å². The molecule has 2 rings (SSSR count). The van der Waals surface area contributed by atoms with Crippen LogP contribution in [0.25, 0.3) is 0 Å². The number of phenols is 1. The third-order valence-electron chi connectivity index (χ3n) is 5.42. The van der Waals surface area contributed by atoms with Gasteiger partial charge in [-0.15, -0.1) is 6.58 Å². The Labute approximate surface area is 136 Å². The molecule has 1 unspecified atom stereocenters. The summed E-state index contributed by atoms with van der Waals surface area (Å²) in [7, 11) is 0. The first-order chi connectivity index (χ1) is 10.7. The van der Waals surface area contributed by atoms with Crippen LogP contribution in [0.4, 0.5) is 0 Å². The normalized spacial score (nSPS) is 23.1. The first-order valence-electron chi connectivity index (χ1n) is 9.14. The molecule has 0 spiro atoms. The van der Waals surface area contributed by atoms with E-state index < -0.39 is 0 Å². The van der Waals surface area contributed by atoms with Crippen molar-refractivity contribution in [3.63, 3.8) is 0 Å². The molecule has 0 saturated heterocycles. The number of unbranched alkanes of at least 4 members (excludes halogenated alkanes) is 2. The molecule has 1 heteroatoms. The van der Waals surface area contributed by atoms with Gasteiger partial charge in [0.05, 0.1) is 0 Å². The molecule has 0 radical (unpaired) electrons. The molecular formula is C21H32O. The maximum absolute atomic E-state index is 9.50. The van der Waals surface area contributed by atoms with Crippen LogP contribution in [-0.4, -0.2) is 5.11 Å². The van der Waals surface area contributed by atoms with Gasteiger partial charge < -0.3 is 5.11 Å². The van der Waals surface area contributed by atoms with Crippen molar-refractivity contribution in [1.82, 2.24) is 0 Å². The van der Waals surface area contributed by atoms with Crippen LogP contribution >= 0.6 is 0 Å². The van der Waals surface area contributed by atoms with Crippen LogP contribution in [0.15, 0.2) is 36.9 Å². The van der Waals surface area contributed by atoms with Crippen LogP contribution in [0, 0.1) is 11.8 Å². The summed E-state index contributed by atoms with van der Waals surface area (Å²) < 4.78 is 0. The van der Waals surface area contributed by atoms with E-state index in [1.54, 1.807) is 0 Å². The largest absolute Gasteiger partial charge is 0.508 e. The number of hydrogen-bond acceptors (Lipinski definition) is 1. The van der Waals surface area contributed by atoms with Gasteiger partial charge in [0, 0.05) is 0 Å². The Morgan fingerprint density at radius 2 is 1.82 bits per heavy atom. The quantitative estimate of drug-likeness (QED) is 0.432. The fourth-order valence-corrected chi connectivity index (χ4v) is 4.06. The van der Waals surface area contributed by atoms with Crippen LogP contribution < -0.4 is 0 Å². The highest BCUT2D eigenvalue weighted by Gasteiger charge is 2.27. The van der Waals surface area contributed by atoms with E-state index >= 15 is 0 Å². The summed E-state index contributed by atoms with van der Waals surface area (Å²) in [5.41, 5.74) is 1.37. The lowest BCUT2D eigenvalue weighted by Gasteiger charge is -2.34. The second kappa shape index (κ2) is 9.02. The summed E-state index contributed by atoms with van der Waals surface area (Å²) in [6.45, 7) is 6.24. The maximum Gasteiger partial charge on any atom is 0.115 e. The van der Waals surface area contributed by atoms with E-state index in [1.165, 1.54) is 56.9 Å². The van der Waals surface area contributed by atoms with Crippen molar-refractivity contribution in [3.05, 3.63) is 42.5 Å². The summed E-state index contributed by atoms with van der Waals surface area (Å²) in [6, 6.07) is 7.83. The van der Waals surface area contributed by atoms with Gasteiger partial charge in [-0.1, -0.05) is 63.7 Å². The first kappa shape index (κ1) is 17.1. The lowest BCUT2D eigenvalue weighted by atomic mass is 9.71. The zero-order valence-electron chi connectivity index (χ0n) is 14.1. The third kappa shape index (κ3) is 4.90. The van der Waals surface area contributed by atoms with Crippen LogP contribution in [0.1, 0.15) is 76.2 Å². The molecule has 0 amide bonds. The van der Waals surface area contributed by atoms with Gasteiger partial charge in [0.1, 0.15) is 5.75 Å². The highest BCUT2D eigenvalue weighted by atomic mass is 16.3. The minimum absolute atomic E-state index is 0.362. The second-order valence-electron chi connectivity index (χ2n) is 7.00. The Morgan fingerprint density at radius 3 is 2.41 bits per heavy atom. The molecule has 0 aliphatic heterocycles. The zero-order chi connectivity index (χ0) is 15.8. The summed E-state index contributed by atoms with van der Waals surface area (Å²) >= 11 is 0. The highest BCUT2D eigenvalue weighted by Crippen LogP contribution is 2.41. The standard InChI is InChI=1S/C21H32O/c1-3-5-6-8-17-9-11-18(12-10-17)21(7-4-2)19-13-15-20(22)16-14-19/h4,13-18,21-22H,2-3,5-12H2,1H3/t17-,18-,21?. The average Bonchev–Trinajstić information content (AvgIpc) is 2.55. The average molecular weight is 300 g/mol. The minimum Gasteiger partial charge on any atom is -0.508 e. The van der Waals surface area contributed by atoms with Crippen molar-refractivity contribution in [2.45, 2.75) is 70.6 Å². The SMILES string of the molecule is C=CCC(c1ccc(O)cc1)[C@H]1CC[C@H](CCCCC)CC1. The predicted molar refractivity (Wildman–Crippen MR) is 95.3 cm³/mol. The fourth-order valence-electron chi connectivity index (χ4n) is 4.06. The molecule has 1 aliphatic carbocycles. The van der Waals surface area contributed by atoms with Crippen molar-refractivity contribution in [2.24, 2.45) is 11.8 Å². The number of benzene rings is 1. The Morgan fingerprint density at radius 1 is 1.14 bits per heavy atom. The van der Waals surface area contributed by atoms with Gasteiger partial charge >= 0.3 is 0 Å². The second-order valence-corrected chi connectivity index (χ2v) is 7.00. The molecule has 1 atom stereocenters. The van der Waals surface area contributed by atoms with Crippen molar-refractivity contribution in [3.8, 4) is 5.75 Å². The molecule has 1 aromatic carbocycles. The summed E-state index contributed by atoms with van der Waals surface area (Å²) in [4.78, 5) is 0. The van der Waals surface area contributed by atoms with Crippen molar-refractivity contribution in [1.29, 1.82) is 0 Å². The number of rotatable bonds is 8. The van der Waals surface area contributed by atoms with Crippen molar-refractivity contribution in [2.75, 3.05) is 0 Å². The molecule has 0 aromatic heterocycles. The van der Waals surface area contributed by atoms with E-state index in [-0.39, 0.29) is 0 Å². The number of allylic oxidation sites excluding steroid dienone is 1. The van der Waals surface area contributed by atoms with Gasteiger partial charge in [0.2, 0.25) is 0 Å². The van der Waals surface area contributed by atoms with Gasteiger partial charge in [-0.3, -0.25) is 0 Å². The van der Waals surface area contributed by atoms with Crippen LogP contribution in [0.5, 0.6) is 5.75 Å². The number of hydrogen-bond donors (Lipinski definition) is 1. The molecule has 1 aromatic rings. The van der Waals surface area contributed by atoms with Crippen molar-refractivity contribution >= 4 is 0 Å². The summed E-state index contributed by atoms with van der Waals surface area (Å²) in [5.74, 6) is 2.69. The Balaban J connectivity index is 1.91.